The number of amides is 2. The summed E-state index contributed by atoms with van der Waals surface area (Å²) < 4.78 is 0. The van der Waals surface area contributed by atoms with Gasteiger partial charge in [-0.25, -0.2) is 0 Å². The Morgan fingerprint density at radius 2 is 1.86 bits per heavy atom. The monoisotopic (exact) mass is 294 g/mol. The van der Waals surface area contributed by atoms with Crippen LogP contribution in [0, 0.1) is 17.8 Å². The van der Waals surface area contributed by atoms with Crippen LogP contribution in [-0.2, 0) is 9.59 Å². The van der Waals surface area contributed by atoms with Crippen molar-refractivity contribution in [2.75, 3.05) is 0 Å². The highest BCUT2D eigenvalue weighted by Gasteiger charge is 2.45. The number of carbonyl (C=O) groups excluding carboxylic acids is 2. The van der Waals surface area contributed by atoms with Crippen LogP contribution in [0.25, 0.3) is 0 Å². The Bertz CT molecular complexity index is 408. The second-order valence-corrected chi connectivity index (χ2v) is 7.32. The highest BCUT2D eigenvalue weighted by atomic mass is 16.2. The third-order valence-electron chi connectivity index (χ3n) is 5.47. The molecule has 1 heterocycles. The van der Waals surface area contributed by atoms with Gasteiger partial charge < -0.3 is 10.2 Å². The molecule has 1 saturated carbocycles. The van der Waals surface area contributed by atoms with Crippen molar-refractivity contribution < 1.29 is 9.59 Å². The Labute approximate surface area is 128 Å². The molecule has 0 aromatic rings. The van der Waals surface area contributed by atoms with Gasteiger partial charge in [-0.2, -0.15) is 0 Å². The Kier molecular flexibility index (Phi) is 4.95. The van der Waals surface area contributed by atoms with E-state index in [2.05, 4.69) is 19.2 Å². The lowest BCUT2D eigenvalue weighted by Gasteiger charge is -2.47. The van der Waals surface area contributed by atoms with Crippen molar-refractivity contribution in [2.45, 2.75) is 78.4 Å². The molecule has 0 aromatic heterocycles. The molecule has 1 aliphatic heterocycles. The molecule has 5 unspecified atom stereocenters. The molecular weight excluding hydrogens is 264 g/mol. The standard InChI is InChI=1S/C17H30N2O2/c1-6-14-16(20)18-15(10(2)3)17(21)19(14)13-8-7-11(4)12(5)9-13/h10-15H,6-9H2,1-5H3,(H,18,20). The summed E-state index contributed by atoms with van der Waals surface area (Å²) in [6.07, 6.45) is 3.91. The molecule has 0 radical (unpaired) electrons. The molecule has 4 nitrogen and oxygen atoms in total. The van der Waals surface area contributed by atoms with Gasteiger partial charge in [-0.1, -0.05) is 34.6 Å². The van der Waals surface area contributed by atoms with Crippen molar-refractivity contribution in [3.8, 4) is 0 Å². The molecule has 0 bridgehead atoms. The summed E-state index contributed by atoms with van der Waals surface area (Å²) in [6.45, 7) is 10.6. The molecule has 1 saturated heterocycles. The zero-order chi connectivity index (χ0) is 15.7. The minimum absolute atomic E-state index is 0.0297. The zero-order valence-electron chi connectivity index (χ0n) is 14.1. The first kappa shape index (κ1) is 16.3. The summed E-state index contributed by atoms with van der Waals surface area (Å²) in [5.41, 5.74) is 0. The number of carbonyl (C=O) groups is 2. The van der Waals surface area contributed by atoms with Crippen LogP contribution < -0.4 is 5.32 Å². The molecule has 4 heteroatoms. The summed E-state index contributed by atoms with van der Waals surface area (Å²) in [7, 11) is 0. The highest BCUT2D eigenvalue weighted by molar-refractivity contribution is 5.97. The second kappa shape index (κ2) is 6.37. The number of rotatable bonds is 3. The van der Waals surface area contributed by atoms with Gasteiger partial charge in [0.05, 0.1) is 0 Å². The molecule has 120 valence electrons. The van der Waals surface area contributed by atoms with Crippen LogP contribution in [0.1, 0.15) is 60.3 Å². The molecule has 5 atom stereocenters. The minimum atomic E-state index is -0.352. The van der Waals surface area contributed by atoms with Crippen LogP contribution in [0.5, 0.6) is 0 Å². The van der Waals surface area contributed by atoms with Gasteiger partial charge in [-0.05, 0) is 43.4 Å². The highest BCUT2D eigenvalue weighted by Crippen LogP contribution is 2.34. The lowest BCUT2D eigenvalue weighted by Crippen LogP contribution is -2.67. The summed E-state index contributed by atoms with van der Waals surface area (Å²) >= 11 is 0. The fourth-order valence-electron chi connectivity index (χ4n) is 3.79. The van der Waals surface area contributed by atoms with Crippen LogP contribution in [0.15, 0.2) is 0 Å². The molecule has 1 aliphatic carbocycles. The average molecular weight is 294 g/mol. The van der Waals surface area contributed by atoms with E-state index < -0.39 is 0 Å². The van der Waals surface area contributed by atoms with Crippen LogP contribution in [0.2, 0.25) is 0 Å². The summed E-state index contributed by atoms with van der Waals surface area (Å²) in [4.78, 5) is 27.2. The van der Waals surface area contributed by atoms with Gasteiger partial charge in [-0.15, -0.1) is 0 Å². The molecule has 0 spiro atoms. The van der Waals surface area contributed by atoms with E-state index >= 15 is 0 Å². The normalized spacial score (nSPS) is 37.8. The van der Waals surface area contributed by atoms with Crippen molar-refractivity contribution in [1.29, 1.82) is 0 Å². The molecular formula is C17H30N2O2. The second-order valence-electron chi connectivity index (χ2n) is 7.32. The fourth-order valence-corrected chi connectivity index (χ4v) is 3.79. The van der Waals surface area contributed by atoms with Crippen molar-refractivity contribution >= 4 is 11.8 Å². The lowest BCUT2D eigenvalue weighted by molar-refractivity contribution is -0.155. The number of piperazine rings is 1. The molecule has 2 rings (SSSR count). The molecule has 2 fully saturated rings. The molecule has 2 amide bonds. The van der Waals surface area contributed by atoms with E-state index in [-0.39, 0.29) is 35.9 Å². The predicted molar refractivity (Wildman–Crippen MR) is 83.7 cm³/mol. The van der Waals surface area contributed by atoms with E-state index in [1.54, 1.807) is 0 Å². The Morgan fingerprint density at radius 1 is 1.19 bits per heavy atom. The van der Waals surface area contributed by atoms with Crippen LogP contribution in [-0.4, -0.2) is 34.8 Å². The summed E-state index contributed by atoms with van der Waals surface area (Å²) in [6, 6.07) is -0.394. The Morgan fingerprint density at radius 3 is 2.38 bits per heavy atom. The van der Waals surface area contributed by atoms with Gasteiger partial charge in [0.2, 0.25) is 11.8 Å². The first-order chi connectivity index (χ1) is 9.86. The van der Waals surface area contributed by atoms with Crippen molar-refractivity contribution in [2.24, 2.45) is 17.8 Å². The largest absolute Gasteiger partial charge is 0.342 e. The Hall–Kier alpha value is -1.06. The number of hydrogen-bond donors (Lipinski definition) is 1. The van der Waals surface area contributed by atoms with Gasteiger partial charge in [0.25, 0.3) is 0 Å². The van der Waals surface area contributed by atoms with E-state index in [0.717, 1.165) is 25.2 Å². The number of nitrogens with one attached hydrogen (secondary N) is 1. The van der Waals surface area contributed by atoms with E-state index in [1.807, 2.05) is 25.7 Å². The first-order valence-corrected chi connectivity index (χ1v) is 8.49. The number of nitrogens with zero attached hydrogens (tertiary/aromatic N) is 1. The Balaban J connectivity index is 2.23. The van der Waals surface area contributed by atoms with Gasteiger partial charge in [0.15, 0.2) is 0 Å². The minimum Gasteiger partial charge on any atom is -0.342 e. The van der Waals surface area contributed by atoms with Gasteiger partial charge in [0, 0.05) is 6.04 Å². The molecule has 2 aliphatic rings. The fraction of sp³-hybridized carbons (Fsp3) is 0.882. The third kappa shape index (κ3) is 3.09. The van der Waals surface area contributed by atoms with Crippen molar-refractivity contribution in [1.82, 2.24) is 10.2 Å². The average Bonchev–Trinajstić information content (AvgIpc) is 2.43. The third-order valence-corrected chi connectivity index (χ3v) is 5.47. The topological polar surface area (TPSA) is 49.4 Å². The maximum absolute atomic E-state index is 12.9. The van der Waals surface area contributed by atoms with E-state index in [9.17, 15) is 9.59 Å². The van der Waals surface area contributed by atoms with E-state index in [0.29, 0.717) is 12.3 Å². The maximum atomic E-state index is 12.9. The lowest BCUT2D eigenvalue weighted by atomic mass is 9.77. The SMILES string of the molecule is CCC1C(=O)NC(C(C)C)C(=O)N1C1CCC(C)C(C)C1. The predicted octanol–water partition coefficient (Wildman–Crippen LogP) is 2.57. The zero-order valence-corrected chi connectivity index (χ0v) is 14.1. The summed E-state index contributed by atoms with van der Waals surface area (Å²) in [5.74, 6) is 1.64. The van der Waals surface area contributed by atoms with Crippen molar-refractivity contribution in [3.05, 3.63) is 0 Å². The first-order valence-electron chi connectivity index (χ1n) is 8.49. The maximum Gasteiger partial charge on any atom is 0.246 e. The molecule has 1 N–H and O–H groups in total. The van der Waals surface area contributed by atoms with Crippen LogP contribution >= 0.6 is 0 Å². The molecule has 0 aromatic carbocycles. The van der Waals surface area contributed by atoms with Gasteiger partial charge >= 0.3 is 0 Å². The van der Waals surface area contributed by atoms with Crippen molar-refractivity contribution in [3.63, 3.8) is 0 Å². The van der Waals surface area contributed by atoms with E-state index in [4.69, 9.17) is 0 Å². The van der Waals surface area contributed by atoms with Gasteiger partial charge in [-0.3, -0.25) is 9.59 Å². The summed E-state index contributed by atoms with van der Waals surface area (Å²) in [5, 5.41) is 2.93. The van der Waals surface area contributed by atoms with Gasteiger partial charge in [0.1, 0.15) is 12.1 Å². The molecule has 21 heavy (non-hydrogen) atoms. The number of hydrogen-bond acceptors (Lipinski definition) is 2. The van der Waals surface area contributed by atoms with Crippen LogP contribution in [0.3, 0.4) is 0 Å². The quantitative estimate of drug-likeness (QED) is 0.869. The van der Waals surface area contributed by atoms with Crippen LogP contribution in [0.4, 0.5) is 0 Å². The smallest absolute Gasteiger partial charge is 0.246 e. The van der Waals surface area contributed by atoms with E-state index in [1.165, 1.54) is 0 Å².